The Morgan fingerprint density at radius 1 is 1.15 bits per heavy atom. The second-order valence-corrected chi connectivity index (χ2v) is 3.73. The quantitative estimate of drug-likeness (QED) is 0.641. The lowest BCUT2D eigenvalue weighted by Gasteiger charge is -1.94. The van der Waals surface area contributed by atoms with Gasteiger partial charge in [-0.25, -0.2) is 0 Å². The fourth-order valence-corrected chi connectivity index (χ4v) is 1.83. The van der Waals surface area contributed by atoms with E-state index in [9.17, 15) is 0 Å². The molecule has 2 heteroatoms. The number of hydrogen-bond acceptors (Lipinski definition) is 0. The van der Waals surface area contributed by atoms with E-state index in [1.54, 1.807) is 0 Å². The zero-order valence-electron chi connectivity index (χ0n) is 8.21. The van der Waals surface area contributed by atoms with E-state index < -0.39 is 0 Å². The summed E-state index contributed by atoms with van der Waals surface area (Å²) in [5, 5.41) is 1.32. The van der Waals surface area contributed by atoms with Crippen LogP contribution in [0.25, 0.3) is 10.9 Å². The van der Waals surface area contributed by atoms with Gasteiger partial charge in [0.25, 0.3) is 0 Å². The highest BCUT2D eigenvalue weighted by molar-refractivity contribution is 14.1. The number of aromatic nitrogens is 1. The third kappa shape index (κ3) is 2.24. The fourth-order valence-electron chi connectivity index (χ4n) is 1.23. The minimum atomic E-state index is 1.29. The molecule has 1 heterocycles. The summed E-state index contributed by atoms with van der Waals surface area (Å²) >= 11 is 2.28. The first-order chi connectivity index (χ1) is 6.27. The highest BCUT2D eigenvalue weighted by Crippen LogP contribution is 2.18. The molecule has 0 atom stereocenters. The van der Waals surface area contributed by atoms with Crippen molar-refractivity contribution in [1.82, 2.24) is 2.78 Å². The van der Waals surface area contributed by atoms with Gasteiger partial charge in [0.2, 0.25) is 0 Å². The predicted octanol–water partition coefficient (Wildman–Crippen LogP) is 4.17. The Bertz CT molecular complexity index is 390. The molecule has 1 aromatic heterocycles. The number of nitrogens with zero attached hydrogens (tertiary/aromatic N) is 1. The van der Waals surface area contributed by atoms with Crippen LogP contribution in [0.2, 0.25) is 0 Å². The van der Waals surface area contributed by atoms with Crippen molar-refractivity contribution in [1.29, 1.82) is 0 Å². The second kappa shape index (κ2) is 4.65. The van der Waals surface area contributed by atoms with E-state index in [0.717, 1.165) is 0 Å². The number of hydrogen-bond donors (Lipinski definition) is 0. The van der Waals surface area contributed by atoms with Crippen molar-refractivity contribution >= 4 is 33.8 Å². The average molecular weight is 287 g/mol. The lowest BCUT2D eigenvalue weighted by molar-refractivity contribution is 1.41. The van der Waals surface area contributed by atoms with Crippen LogP contribution in [0.15, 0.2) is 30.5 Å². The summed E-state index contributed by atoms with van der Waals surface area (Å²) in [5.41, 5.74) is 2.61. The smallest absolute Gasteiger partial charge is 0.0640 e. The summed E-state index contributed by atoms with van der Waals surface area (Å²) in [6, 6.07) is 8.62. The van der Waals surface area contributed by atoms with Crippen molar-refractivity contribution in [3.63, 3.8) is 0 Å². The third-order valence-corrected chi connectivity index (χ3v) is 2.64. The van der Waals surface area contributed by atoms with Crippen LogP contribution in [0.4, 0.5) is 0 Å². The summed E-state index contributed by atoms with van der Waals surface area (Å²) in [6.07, 6.45) is 2.07. The topological polar surface area (TPSA) is 4.93 Å². The Morgan fingerprint density at radius 3 is 2.54 bits per heavy atom. The number of rotatable bonds is 0. The van der Waals surface area contributed by atoms with Crippen molar-refractivity contribution in [3.05, 3.63) is 36.0 Å². The lowest BCUT2D eigenvalue weighted by Crippen LogP contribution is -1.75. The van der Waals surface area contributed by atoms with Crippen LogP contribution in [-0.4, -0.2) is 2.78 Å². The zero-order valence-corrected chi connectivity index (χ0v) is 10.4. The summed E-state index contributed by atoms with van der Waals surface area (Å²) in [4.78, 5) is 0. The van der Waals surface area contributed by atoms with Gasteiger partial charge >= 0.3 is 0 Å². The van der Waals surface area contributed by atoms with Gasteiger partial charge in [0.05, 0.1) is 28.4 Å². The maximum absolute atomic E-state index is 2.28. The van der Waals surface area contributed by atoms with Crippen molar-refractivity contribution in [2.45, 2.75) is 20.8 Å². The van der Waals surface area contributed by atoms with Crippen molar-refractivity contribution in [2.75, 3.05) is 0 Å². The molecular weight excluding hydrogens is 273 g/mol. The Kier molecular flexibility index (Phi) is 3.78. The highest BCUT2D eigenvalue weighted by atomic mass is 127. The molecule has 0 aliphatic carbocycles. The zero-order chi connectivity index (χ0) is 9.84. The van der Waals surface area contributed by atoms with Gasteiger partial charge in [-0.3, -0.25) is 2.78 Å². The molecular formula is C11H14IN. The first kappa shape index (κ1) is 10.6. The molecule has 0 bridgehead atoms. The van der Waals surface area contributed by atoms with E-state index in [0.29, 0.717) is 0 Å². The van der Waals surface area contributed by atoms with Crippen LogP contribution in [0.5, 0.6) is 0 Å². The summed E-state index contributed by atoms with van der Waals surface area (Å²) in [7, 11) is 0. The number of fused-ring (bicyclic) bond motifs is 1. The average Bonchev–Trinajstić information content (AvgIpc) is 2.51. The minimum Gasteiger partial charge on any atom is -0.290 e. The Balaban J connectivity index is 0.000000396. The molecule has 13 heavy (non-hydrogen) atoms. The summed E-state index contributed by atoms with van der Waals surface area (Å²) < 4.78 is 2.10. The number of aryl methyl sites for hydroxylation is 1. The first-order valence-electron chi connectivity index (χ1n) is 4.51. The molecule has 0 saturated carbocycles. The maximum atomic E-state index is 2.28. The van der Waals surface area contributed by atoms with Crippen molar-refractivity contribution in [2.24, 2.45) is 0 Å². The molecule has 0 unspecified atom stereocenters. The van der Waals surface area contributed by atoms with E-state index in [1.165, 1.54) is 16.5 Å². The van der Waals surface area contributed by atoms with E-state index in [2.05, 4.69) is 63.0 Å². The van der Waals surface area contributed by atoms with E-state index >= 15 is 0 Å². The molecule has 0 aliphatic rings. The monoisotopic (exact) mass is 287 g/mol. The molecule has 1 nitrogen and oxygen atoms in total. The molecule has 70 valence electrons. The van der Waals surface area contributed by atoms with Crippen molar-refractivity contribution in [3.8, 4) is 0 Å². The van der Waals surface area contributed by atoms with E-state index in [1.807, 2.05) is 13.8 Å². The predicted molar refractivity (Wildman–Crippen MR) is 67.4 cm³/mol. The van der Waals surface area contributed by atoms with Gasteiger partial charge in [-0.1, -0.05) is 25.5 Å². The van der Waals surface area contributed by atoms with Gasteiger partial charge in [0.15, 0.2) is 0 Å². The lowest BCUT2D eigenvalue weighted by atomic mass is 10.2. The van der Waals surface area contributed by atoms with Gasteiger partial charge in [-0.2, -0.15) is 0 Å². The van der Waals surface area contributed by atoms with Gasteiger partial charge in [0.1, 0.15) is 0 Å². The van der Waals surface area contributed by atoms with Gasteiger partial charge < -0.3 is 0 Å². The molecule has 0 amide bonds. The second-order valence-electron chi connectivity index (χ2n) is 2.69. The minimum absolute atomic E-state index is 1.29. The molecule has 0 saturated heterocycles. The molecule has 0 spiro atoms. The summed E-state index contributed by atoms with van der Waals surface area (Å²) in [6.45, 7) is 6.12. The van der Waals surface area contributed by atoms with Crippen LogP contribution < -0.4 is 0 Å². The number of benzene rings is 1. The Morgan fingerprint density at radius 2 is 1.85 bits per heavy atom. The van der Waals surface area contributed by atoms with Crippen LogP contribution in [-0.2, 0) is 0 Å². The molecule has 2 rings (SSSR count). The molecule has 0 fully saturated rings. The normalized spacial score (nSPS) is 9.54. The molecule has 1 aromatic carbocycles. The van der Waals surface area contributed by atoms with Gasteiger partial charge in [0, 0.05) is 11.6 Å². The molecule has 0 radical (unpaired) electrons. The van der Waals surface area contributed by atoms with Gasteiger partial charge in [-0.15, -0.1) is 0 Å². The number of halogens is 1. The maximum Gasteiger partial charge on any atom is 0.0640 e. The third-order valence-electron chi connectivity index (χ3n) is 1.80. The van der Waals surface area contributed by atoms with Crippen molar-refractivity contribution < 1.29 is 0 Å². The largest absolute Gasteiger partial charge is 0.290 e. The highest BCUT2D eigenvalue weighted by Gasteiger charge is 1.96. The molecule has 0 aliphatic heterocycles. The van der Waals surface area contributed by atoms with Crippen LogP contribution in [0, 0.1) is 6.92 Å². The van der Waals surface area contributed by atoms with Crippen LogP contribution in [0.1, 0.15) is 19.4 Å². The first-order valence-corrected chi connectivity index (χ1v) is 5.48. The van der Waals surface area contributed by atoms with Crippen LogP contribution in [0.3, 0.4) is 0 Å². The van der Waals surface area contributed by atoms with E-state index in [4.69, 9.17) is 0 Å². The Hall–Kier alpha value is -0.510. The summed E-state index contributed by atoms with van der Waals surface area (Å²) in [5.74, 6) is 0. The molecule has 0 N–H and O–H groups in total. The fraction of sp³-hybridized carbons (Fsp3) is 0.273. The SMILES string of the molecule is CC.Cc1ccc2c(ccn2I)c1. The van der Waals surface area contributed by atoms with Crippen LogP contribution >= 0.6 is 22.9 Å². The Labute approximate surface area is 93.3 Å². The van der Waals surface area contributed by atoms with E-state index in [-0.39, 0.29) is 0 Å². The van der Waals surface area contributed by atoms with Gasteiger partial charge in [-0.05, 0) is 25.1 Å². The molecule has 2 aromatic rings. The standard InChI is InChI=1S/C9H8IN.C2H6/c1-7-2-3-9-8(6-7)4-5-11(9)10;1-2/h2-6H,1H3;1-2H3.